The van der Waals surface area contributed by atoms with Gasteiger partial charge in [0.05, 0.1) is 6.54 Å². The molecule has 46 valence electrons. The van der Waals surface area contributed by atoms with E-state index < -0.39 is 0 Å². The maximum atomic E-state index is 5.11. The molecule has 1 aliphatic rings. The van der Waals surface area contributed by atoms with Gasteiger partial charge in [0, 0.05) is 0 Å². The van der Waals surface area contributed by atoms with Gasteiger partial charge in [-0.05, 0) is 5.75 Å². The lowest BCUT2D eigenvalue weighted by Gasteiger charge is -1.94. The van der Waals surface area contributed by atoms with Crippen molar-refractivity contribution in [3.8, 4) is 0 Å². The summed E-state index contributed by atoms with van der Waals surface area (Å²) in [5.74, 6) is 1.05. The van der Waals surface area contributed by atoms with Crippen molar-refractivity contribution in [2.75, 3.05) is 18.9 Å². The third kappa shape index (κ3) is 1.40. The fourth-order valence-corrected chi connectivity index (χ4v) is 1.12. The molecule has 0 fully saturated rings. The number of thioether (sulfide) groups is 1. The van der Waals surface area contributed by atoms with Crippen LogP contribution in [0.15, 0.2) is 4.99 Å². The summed E-state index contributed by atoms with van der Waals surface area (Å²) in [5.41, 5.74) is 0. The van der Waals surface area contributed by atoms with E-state index in [-0.39, 0.29) is 0 Å². The number of ether oxygens (including phenoxy) is 1. The summed E-state index contributed by atoms with van der Waals surface area (Å²) in [6, 6.07) is 0. The second-order valence-electron chi connectivity index (χ2n) is 1.43. The zero-order valence-corrected chi connectivity index (χ0v) is 5.70. The van der Waals surface area contributed by atoms with Crippen LogP contribution in [0.4, 0.5) is 0 Å². The van der Waals surface area contributed by atoms with Gasteiger partial charge in [-0.15, -0.1) is 0 Å². The molecule has 0 aromatic carbocycles. The number of nitrogens with zero attached hydrogens (tertiary/aromatic N) is 1. The molecule has 0 aromatic heterocycles. The molecule has 0 atom stereocenters. The molecule has 1 heterocycles. The van der Waals surface area contributed by atoms with Crippen molar-refractivity contribution < 1.29 is 4.74 Å². The number of hydrogen-bond acceptors (Lipinski definition) is 3. The molecule has 0 N–H and O–H groups in total. The Balaban J connectivity index is 2.23. The van der Waals surface area contributed by atoms with Crippen molar-refractivity contribution in [3.05, 3.63) is 0 Å². The van der Waals surface area contributed by atoms with Crippen molar-refractivity contribution in [3.63, 3.8) is 0 Å². The summed E-state index contributed by atoms with van der Waals surface area (Å²) in [6.45, 7) is 3.72. The zero-order valence-electron chi connectivity index (χ0n) is 4.89. The lowest BCUT2D eigenvalue weighted by atomic mass is 10.8. The highest BCUT2D eigenvalue weighted by atomic mass is 32.2. The summed E-state index contributed by atoms with van der Waals surface area (Å²) in [4.78, 5) is 4.08. The molecule has 0 aromatic rings. The Bertz CT molecular complexity index is 103. The molecule has 0 saturated heterocycles. The van der Waals surface area contributed by atoms with E-state index in [4.69, 9.17) is 4.74 Å². The van der Waals surface area contributed by atoms with Crippen LogP contribution in [-0.2, 0) is 4.74 Å². The van der Waals surface area contributed by atoms with E-state index in [9.17, 15) is 0 Å². The van der Waals surface area contributed by atoms with E-state index in [1.54, 1.807) is 11.8 Å². The van der Waals surface area contributed by atoms with Gasteiger partial charge < -0.3 is 4.74 Å². The monoisotopic (exact) mass is 131 g/mol. The van der Waals surface area contributed by atoms with E-state index >= 15 is 0 Å². The Labute approximate surface area is 53.3 Å². The maximum Gasteiger partial charge on any atom is 0.245 e. The Morgan fingerprint density at radius 3 is 3.25 bits per heavy atom. The topological polar surface area (TPSA) is 21.6 Å². The van der Waals surface area contributed by atoms with Crippen LogP contribution in [-0.4, -0.2) is 24.1 Å². The second kappa shape index (κ2) is 2.97. The molecule has 0 unspecified atom stereocenters. The third-order valence-electron chi connectivity index (χ3n) is 0.826. The first-order chi connectivity index (χ1) is 3.93. The van der Waals surface area contributed by atoms with Crippen molar-refractivity contribution in [1.82, 2.24) is 0 Å². The summed E-state index contributed by atoms with van der Waals surface area (Å²) >= 11 is 1.67. The van der Waals surface area contributed by atoms with E-state index in [1.807, 2.05) is 0 Å². The van der Waals surface area contributed by atoms with Crippen LogP contribution in [0.2, 0.25) is 0 Å². The molecule has 0 amide bonds. The molecule has 0 bridgehead atoms. The van der Waals surface area contributed by atoms with Crippen LogP contribution < -0.4 is 0 Å². The predicted molar refractivity (Wildman–Crippen MR) is 36.4 cm³/mol. The number of rotatable bonds is 1. The lowest BCUT2D eigenvalue weighted by molar-refractivity contribution is 0.356. The summed E-state index contributed by atoms with van der Waals surface area (Å²) in [6.07, 6.45) is 0. The molecule has 0 saturated carbocycles. The molecule has 2 nitrogen and oxygen atoms in total. The summed E-state index contributed by atoms with van der Waals surface area (Å²) < 4.78 is 5.11. The predicted octanol–water partition coefficient (Wildman–Crippen LogP) is 1.13. The van der Waals surface area contributed by atoms with E-state index in [0.29, 0.717) is 0 Å². The van der Waals surface area contributed by atoms with E-state index in [0.717, 1.165) is 24.1 Å². The van der Waals surface area contributed by atoms with Gasteiger partial charge in [-0.3, -0.25) is 0 Å². The highest BCUT2D eigenvalue weighted by Crippen LogP contribution is 2.08. The highest BCUT2D eigenvalue weighted by molar-refractivity contribution is 8.13. The average molecular weight is 131 g/mol. The SMILES string of the molecule is CCSC1=NCCO1. The maximum absolute atomic E-state index is 5.11. The highest BCUT2D eigenvalue weighted by Gasteiger charge is 2.04. The van der Waals surface area contributed by atoms with Gasteiger partial charge in [0.15, 0.2) is 0 Å². The van der Waals surface area contributed by atoms with Crippen LogP contribution >= 0.6 is 11.8 Å². The molecule has 3 heteroatoms. The Hall–Kier alpha value is -0.180. The molecular weight excluding hydrogens is 122 g/mol. The van der Waals surface area contributed by atoms with Gasteiger partial charge in [0.1, 0.15) is 6.61 Å². The van der Waals surface area contributed by atoms with Gasteiger partial charge in [0.2, 0.25) is 5.23 Å². The van der Waals surface area contributed by atoms with Crippen LogP contribution in [0.25, 0.3) is 0 Å². The summed E-state index contributed by atoms with van der Waals surface area (Å²) in [7, 11) is 0. The zero-order chi connectivity index (χ0) is 5.82. The average Bonchev–Trinajstić information content (AvgIpc) is 2.19. The van der Waals surface area contributed by atoms with Crippen LogP contribution in [0.1, 0.15) is 6.92 Å². The molecule has 8 heavy (non-hydrogen) atoms. The van der Waals surface area contributed by atoms with Gasteiger partial charge in [0.25, 0.3) is 0 Å². The van der Waals surface area contributed by atoms with Gasteiger partial charge in [-0.2, -0.15) is 0 Å². The standard InChI is InChI=1S/C5H9NOS/c1-2-8-5-6-3-4-7-5/h2-4H2,1H3. The van der Waals surface area contributed by atoms with Crippen molar-refractivity contribution in [1.29, 1.82) is 0 Å². The Kier molecular flexibility index (Phi) is 2.21. The first-order valence-electron chi connectivity index (χ1n) is 2.73. The third-order valence-corrected chi connectivity index (χ3v) is 1.61. The van der Waals surface area contributed by atoms with Crippen LogP contribution in [0.5, 0.6) is 0 Å². The van der Waals surface area contributed by atoms with Gasteiger partial charge in [-0.25, -0.2) is 4.99 Å². The minimum absolute atomic E-state index is 0.780. The molecular formula is C5H9NOS. The van der Waals surface area contributed by atoms with E-state index in [1.165, 1.54) is 0 Å². The number of aliphatic imine (C=N–C) groups is 1. The quantitative estimate of drug-likeness (QED) is 0.532. The van der Waals surface area contributed by atoms with Crippen LogP contribution in [0, 0.1) is 0 Å². The smallest absolute Gasteiger partial charge is 0.245 e. The first kappa shape index (κ1) is 5.95. The normalized spacial score (nSPS) is 17.9. The fourth-order valence-electron chi connectivity index (χ4n) is 0.526. The fraction of sp³-hybridized carbons (Fsp3) is 0.800. The van der Waals surface area contributed by atoms with Crippen molar-refractivity contribution in [2.24, 2.45) is 4.99 Å². The molecule has 0 spiro atoms. The molecule has 1 rings (SSSR count). The van der Waals surface area contributed by atoms with Gasteiger partial charge in [-0.1, -0.05) is 18.7 Å². The van der Waals surface area contributed by atoms with Crippen molar-refractivity contribution >= 4 is 17.0 Å². The second-order valence-corrected chi connectivity index (χ2v) is 2.64. The first-order valence-corrected chi connectivity index (χ1v) is 3.72. The lowest BCUT2D eigenvalue weighted by Crippen LogP contribution is -1.92. The van der Waals surface area contributed by atoms with Gasteiger partial charge >= 0.3 is 0 Å². The Morgan fingerprint density at radius 1 is 1.88 bits per heavy atom. The Morgan fingerprint density at radius 2 is 2.75 bits per heavy atom. The minimum atomic E-state index is 0.780. The summed E-state index contributed by atoms with van der Waals surface area (Å²) in [5, 5.41) is 0.868. The van der Waals surface area contributed by atoms with E-state index in [2.05, 4.69) is 11.9 Å². The van der Waals surface area contributed by atoms with Crippen molar-refractivity contribution in [2.45, 2.75) is 6.92 Å². The number of hydrogen-bond donors (Lipinski definition) is 0. The minimum Gasteiger partial charge on any atom is -0.471 e. The molecule has 1 aliphatic heterocycles. The van der Waals surface area contributed by atoms with Crippen LogP contribution in [0.3, 0.4) is 0 Å². The molecule has 0 aliphatic carbocycles. The molecule has 0 radical (unpaired) electrons. The largest absolute Gasteiger partial charge is 0.471 e.